The lowest BCUT2D eigenvalue weighted by atomic mass is 10.2. The Hall–Kier alpha value is -2.38. The van der Waals surface area contributed by atoms with Gasteiger partial charge in [-0.05, 0) is 35.2 Å². The molecule has 3 aromatic rings. The summed E-state index contributed by atoms with van der Waals surface area (Å²) in [5, 5.41) is 1.80. The van der Waals surface area contributed by atoms with Crippen LogP contribution in [0.4, 0.5) is 8.78 Å². The molecule has 1 aromatic carbocycles. The molecular formula is C17H11F2NO2S2. The monoisotopic (exact) mass is 363 g/mol. The molecule has 2 aromatic heterocycles. The number of thiophene rings is 1. The highest BCUT2D eigenvalue weighted by molar-refractivity contribution is 7.12. The topological polar surface area (TPSA) is 39.1 Å². The summed E-state index contributed by atoms with van der Waals surface area (Å²) < 4.78 is 28.4. The Morgan fingerprint density at radius 2 is 2.00 bits per heavy atom. The summed E-state index contributed by atoms with van der Waals surface area (Å²) in [5.74, 6) is -2.10. The molecule has 0 spiro atoms. The van der Waals surface area contributed by atoms with E-state index in [2.05, 4.69) is 0 Å². The summed E-state index contributed by atoms with van der Waals surface area (Å²) in [6.07, 6.45) is 2.88. The van der Waals surface area contributed by atoms with E-state index in [1.54, 1.807) is 24.6 Å². The van der Waals surface area contributed by atoms with Gasteiger partial charge in [0.05, 0.1) is 9.41 Å². The van der Waals surface area contributed by atoms with Gasteiger partial charge in [-0.3, -0.25) is 9.59 Å². The molecule has 0 radical (unpaired) electrons. The molecule has 0 bridgehead atoms. The number of Topliss-reactive ketones (excluding diaryl/α,β-unsaturated/α-hetero) is 1. The molecule has 0 amide bonds. The van der Waals surface area contributed by atoms with Crippen LogP contribution in [0.15, 0.2) is 40.5 Å². The number of carbonyl (C=O) groups excluding carboxylic acids is 1. The number of carbonyl (C=O) groups is 1. The molecule has 0 saturated heterocycles. The number of thiazole rings is 1. The molecule has 3 rings (SSSR count). The van der Waals surface area contributed by atoms with E-state index in [1.165, 1.54) is 34.1 Å². The van der Waals surface area contributed by atoms with Gasteiger partial charge in [-0.15, -0.1) is 22.7 Å². The van der Waals surface area contributed by atoms with Crippen LogP contribution < -0.4 is 14.8 Å². The zero-order chi connectivity index (χ0) is 17.3. The van der Waals surface area contributed by atoms with Crippen LogP contribution in [0.1, 0.15) is 15.2 Å². The SMILES string of the molecule is Cn1c(=O)/c(=C\c2ccc(F)c(F)c2)s/c1=C\C(=O)c1cccs1. The van der Waals surface area contributed by atoms with Crippen LogP contribution in [0, 0.1) is 11.6 Å². The highest BCUT2D eigenvalue weighted by atomic mass is 32.1. The Balaban J connectivity index is 2.08. The van der Waals surface area contributed by atoms with Gasteiger partial charge < -0.3 is 4.57 Å². The van der Waals surface area contributed by atoms with Crippen molar-refractivity contribution in [2.75, 3.05) is 0 Å². The maximum Gasteiger partial charge on any atom is 0.268 e. The van der Waals surface area contributed by atoms with Crippen molar-refractivity contribution in [3.63, 3.8) is 0 Å². The third kappa shape index (κ3) is 3.27. The van der Waals surface area contributed by atoms with Gasteiger partial charge in [0.15, 0.2) is 17.4 Å². The fourth-order valence-electron chi connectivity index (χ4n) is 2.06. The first-order valence-corrected chi connectivity index (χ1v) is 8.57. The van der Waals surface area contributed by atoms with Gasteiger partial charge in [0, 0.05) is 13.1 Å². The Morgan fingerprint density at radius 3 is 2.67 bits per heavy atom. The summed E-state index contributed by atoms with van der Waals surface area (Å²) >= 11 is 2.45. The van der Waals surface area contributed by atoms with E-state index >= 15 is 0 Å². The molecule has 0 N–H and O–H groups in total. The van der Waals surface area contributed by atoms with E-state index in [0.29, 0.717) is 19.6 Å². The van der Waals surface area contributed by atoms with Crippen molar-refractivity contribution >= 4 is 40.6 Å². The average Bonchev–Trinajstić information content (AvgIpc) is 3.17. The average molecular weight is 363 g/mol. The summed E-state index contributed by atoms with van der Waals surface area (Å²) in [6, 6.07) is 6.91. The van der Waals surface area contributed by atoms with Gasteiger partial charge in [-0.1, -0.05) is 12.1 Å². The molecule has 0 saturated carbocycles. The third-order valence-corrected chi connectivity index (χ3v) is 5.32. The van der Waals surface area contributed by atoms with Crippen molar-refractivity contribution in [2.45, 2.75) is 0 Å². The fraction of sp³-hybridized carbons (Fsp3) is 0.0588. The van der Waals surface area contributed by atoms with Crippen LogP contribution in [0.2, 0.25) is 0 Å². The van der Waals surface area contributed by atoms with Gasteiger partial charge in [-0.25, -0.2) is 8.78 Å². The number of halogens is 2. The number of benzene rings is 1. The molecule has 122 valence electrons. The van der Waals surface area contributed by atoms with E-state index in [9.17, 15) is 18.4 Å². The second-order valence-corrected chi connectivity index (χ2v) is 6.98. The molecule has 0 unspecified atom stereocenters. The third-order valence-electron chi connectivity index (χ3n) is 3.32. The number of nitrogens with zero attached hydrogens (tertiary/aromatic N) is 1. The Labute approximate surface area is 143 Å². The molecule has 3 nitrogen and oxygen atoms in total. The number of rotatable bonds is 3. The zero-order valence-electron chi connectivity index (χ0n) is 12.5. The Bertz CT molecular complexity index is 1080. The second kappa shape index (κ2) is 6.62. The lowest BCUT2D eigenvalue weighted by Gasteiger charge is -1.93. The van der Waals surface area contributed by atoms with Crippen molar-refractivity contribution in [3.8, 4) is 0 Å². The van der Waals surface area contributed by atoms with Crippen LogP contribution in [0.25, 0.3) is 12.2 Å². The van der Waals surface area contributed by atoms with Crippen molar-refractivity contribution in [3.05, 3.63) is 77.3 Å². The Morgan fingerprint density at radius 1 is 1.21 bits per heavy atom. The second-order valence-electron chi connectivity index (χ2n) is 4.97. The lowest BCUT2D eigenvalue weighted by Crippen LogP contribution is -2.29. The smallest absolute Gasteiger partial charge is 0.268 e. The number of aromatic nitrogens is 1. The highest BCUT2D eigenvalue weighted by Gasteiger charge is 2.07. The minimum absolute atomic E-state index is 0.179. The molecule has 0 fully saturated rings. The van der Waals surface area contributed by atoms with Gasteiger partial charge >= 0.3 is 0 Å². The summed E-state index contributed by atoms with van der Waals surface area (Å²) in [6.45, 7) is 0. The maximum atomic E-state index is 13.3. The number of hydrogen-bond donors (Lipinski definition) is 0. The van der Waals surface area contributed by atoms with Crippen LogP contribution in [-0.4, -0.2) is 10.4 Å². The van der Waals surface area contributed by atoms with Crippen molar-refractivity contribution in [1.29, 1.82) is 0 Å². The zero-order valence-corrected chi connectivity index (χ0v) is 14.1. The summed E-state index contributed by atoms with van der Waals surface area (Å²) in [5.41, 5.74) is 0.0824. The molecule has 0 aliphatic rings. The van der Waals surface area contributed by atoms with Gasteiger partial charge in [0.25, 0.3) is 5.56 Å². The minimum Gasteiger partial charge on any atom is -0.302 e. The van der Waals surface area contributed by atoms with Gasteiger partial charge in [0.1, 0.15) is 4.66 Å². The largest absolute Gasteiger partial charge is 0.302 e. The quantitative estimate of drug-likeness (QED) is 0.670. The lowest BCUT2D eigenvalue weighted by molar-refractivity contribution is 0.106. The predicted molar refractivity (Wildman–Crippen MR) is 91.8 cm³/mol. The predicted octanol–water partition coefficient (Wildman–Crippen LogP) is 2.28. The van der Waals surface area contributed by atoms with E-state index in [0.717, 1.165) is 23.5 Å². The van der Waals surface area contributed by atoms with Crippen molar-refractivity contribution in [2.24, 2.45) is 7.05 Å². The molecular weight excluding hydrogens is 352 g/mol. The fourth-order valence-corrected chi connectivity index (χ4v) is 3.73. The Kier molecular flexibility index (Phi) is 4.55. The molecule has 7 heteroatoms. The van der Waals surface area contributed by atoms with E-state index < -0.39 is 11.6 Å². The maximum absolute atomic E-state index is 13.3. The molecule has 0 aliphatic heterocycles. The number of hydrogen-bond acceptors (Lipinski definition) is 4. The van der Waals surface area contributed by atoms with Crippen molar-refractivity contribution < 1.29 is 13.6 Å². The highest BCUT2D eigenvalue weighted by Crippen LogP contribution is 2.10. The summed E-state index contributed by atoms with van der Waals surface area (Å²) in [7, 11) is 1.56. The van der Waals surface area contributed by atoms with Crippen LogP contribution in [-0.2, 0) is 7.05 Å². The van der Waals surface area contributed by atoms with E-state index in [-0.39, 0.29) is 11.3 Å². The normalized spacial score (nSPS) is 12.8. The molecule has 0 atom stereocenters. The van der Waals surface area contributed by atoms with E-state index in [4.69, 9.17) is 0 Å². The standard InChI is InChI=1S/C17H11F2NO2S2/c1-20-16(9-13(21)14-3-2-6-23-14)24-15(17(20)22)8-10-4-5-11(18)12(19)7-10/h2-9H,1H3/b15-8+,16-9-. The summed E-state index contributed by atoms with van der Waals surface area (Å²) in [4.78, 5) is 25.0. The first kappa shape index (κ1) is 16.5. The van der Waals surface area contributed by atoms with E-state index in [1.807, 2.05) is 0 Å². The van der Waals surface area contributed by atoms with Crippen molar-refractivity contribution in [1.82, 2.24) is 4.57 Å². The first-order chi connectivity index (χ1) is 11.5. The van der Waals surface area contributed by atoms with Crippen LogP contribution in [0.5, 0.6) is 0 Å². The molecule has 24 heavy (non-hydrogen) atoms. The molecule has 2 heterocycles. The van der Waals surface area contributed by atoms with Gasteiger partial charge in [-0.2, -0.15) is 0 Å². The first-order valence-electron chi connectivity index (χ1n) is 6.88. The van der Waals surface area contributed by atoms with Crippen LogP contribution in [0.3, 0.4) is 0 Å². The van der Waals surface area contributed by atoms with Crippen LogP contribution >= 0.6 is 22.7 Å². The molecule has 0 aliphatic carbocycles. The number of ketones is 1. The minimum atomic E-state index is -0.975. The van der Waals surface area contributed by atoms with Gasteiger partial charge in [0.2, 0.25) is 0 Å².